The number of hydrogen-bond acceptors (Lipinski definition) is 4. The highest BCUT2D eigenvalue weighted by molar-refractivity contribution is 7.14. The number of esters is 1. The van der Waals surface area contributed by atoms with Crippen molar-refractivity contribution in [3.8, 4) is 0 Å². The van der Waals surface area contributed by atoms with E-state index in [0.717, 1.165) is 12.8 Å². The van der Waals surface area contributed by atoms with Gasteiger partial charge in [-0.1, -0.05) is 6.08 Å². The quantitative estimate of drug-likeness (QED) is 0.670. The molecule has 1 aliphatic carbocycles. The zero-order valence-corrected chi connectivity index (χ0v) is 12.4. The van der Waals surface area contributed by atoms with Crippen LogP contribution in [0.1, 0.15) is 39.9 Å². The number of fused-ring (bicyclic) bond motifs is 1. The van der Waals surface area contributed by atoms with Crippen LogP contribution in [-0.2, 0) is 22.4 Å². The molecule has 0 spiro atoms. The number of nitrogens with one attached hydrogen (secondary N) is 1. The second-order valence-corrected chi connectivity index (χ2v) is 5.98. The molecule has 0 fully saturated rings. The number of ether oxygens (including phenoxy) is 1. The van der Waals surface area contributed by atoms with Crippen molar-refractivity contribution >= 4 is 23.2 Å². The Morgan fingerprint density at radius 1 is 1.50 bits per heavy atom. The van der Waals surface area contributed by atoms with Crippen molar-refractivity contribution in [1.82, 2.24) is 5.32 Å². The summed E-state index contributed by atoms with van der Waals surface area (Å²) in [4.78, 5) is 25.6. The first-order valence-corrected chi connectivity index (χ1v) is 7.64. The van der Waals surface area contributed by atoms with Gasteiger partial charge in [-0.15, -0.1) is 17.9 Å². The number of thiophene rings is 1. The van der Waals surface area contributed by atoms with Crippen LogP contribution in [0.15, 0.2) is 18.7 Å². The summed E-state index contributed by atoms with van der Waals surface area (Å²) < 4.78 is 5.20. The van der Waals surface area contributed by atoms with Gasteiger partial charge in [0.05, 0.1) is 0 Å². The van der Waals surface area contributed by atoms with Crippen LogP contribution in [0.2, 0.25) is 0 Å². The van der Waals surface area contributed by atoms with Crippen LogP contribution in [-0.4, -0.2) is 24.5 Å². The number of aryl methyl sites for hydroxylation is 2. The molecule has 108 valence electrons. The molecule has 1 N–H and O–H groups in total. The Balaban J connectivity index is 1.95. The van der Waals surface area contributed by atoms with Gasteiger partial charge in [-0.2, -0.15) is 0 Å². The van der Waals surface area contributed by atoms with E-state index in [-0.39, 0.29) is 5.91 Å². The minimum absolute atomic E-state index is 0.306. The zero-order chi connectivity index (χ0) is 14.5. The van der Waals surface area contributed by atoms with Gasteiger partial charge in [-0.05, 0) is 44.2 Å². The topological polar surface area (TPSA) is 55.4 Å². The Bertz CT molecular complexity index is 498. The molecule has 0 aromatic carbocycles. The molecule has 5 heteroatoms. The molecule has 0 aliphatic heterocycles. The first kappa shape index (κ1) is 14.8. The smallest absolute Gasteiger partial charge is 0.349 e. The van der Waals surface area contributed by atoms with E-state index >= 15 is 0 Å². The molecule has 0 saturated carbocycles. The normalized spacial score (nSPS) is 15.1. The van der Waals surface area contributed by atoms with Gasteiger partial charge in [0, 0.05) is 11.4 Å². The number of hydrogen-bond donors (Lipinski definition) is 1. The molecule has 0 saturated heterocycles. The molecule has 1 amide bonds. The molecular formula is C15H19NO3S. The minimum Gasteiger partial charge on any atom is -0.448 e. The molecule has 1 aliphatic rings. The molecule has 0 radical (unpaired) electrons. The second kappa shape index (κ2) is 6.70. The Kier molecular flexibility index (Phi) is 4.95. The van der Waals surface area contributed by atoms with Crippen molar-refractivity contribution in [1.29, 1.82) is 0 Å². The summed E-state index contributed by atoms with van der Waals surface area (Å²) in [6.45, 7) is 5.46. The Hall–Kier alpha value is -1.62. The molecule has 1 aromatic rings. The second-order valence-electron chi connectivity index (χ2n) is 4.85. The summed E-state index contributed by atoms with van der Waals surface area (Å²) in [7, 11) is 0. The highest BCUT2D eigenvalue weighted by Crippen LogP contribution is 2.30. The SMILES string of the molecule is C=CCNC(=O)[C@@H](C)OC(=O)c1cc2c(s1)CCCC2. The van der Waals surface area contributed by atoms with Gasteiger partial charge in [-0.3, -0.25) is 4.79 Å². The predicted molar refractivity (Wildman–Crippen MR) is 79.0 cm³/mol. The Morgan fingerprint density at radius 3 is 2.95 bits per heavy atom. The van der Waals surface area contributed by atoms with Crippen LogP contribution >= 0.6 is 11.3 Å². The van der Waals surface area contributed by atoms with Crippen molar-refractivity contribution in [2.24, 2.45) is 0 Å². The lowest BCUT2D eigenvalue weighted by Gasteiger charge is -2.11. The average molecular weight is 293 g/mol. The predicted octanol–water partition coefficient (Wildman–Crippen LogP) is 2.47. The van der Waals surface area contributed by atoms with E-state index in [9.17, 15) is 9.59 Å². The first-order chi connectivity index (χ1) is 9.61. The number of rotatable bonds is 5. The number of carbonyl (C=O) groups is 2. The fraction of sp³-hybridized carbons (Fsp3) is 0.467. The summed E-state index contributed by atoms with van der Waals surface area (Å²) in [6.07, 6.45) is 5.24. The summed E-state index contributed by atoms with van der Waals surface area (Å²) in [6, 6.07) is 1.91. The van der Waals surface area contributed by atoms with E-state index in [1.54, 1.807) is 13.0 Å². The summed E-state index contributed by atoms with van der Waals surface area (Å²) in [5.74, 6) is -0.717. The van der Waals surface area contributed by atoms with Gasteiger partial charge in [0.1, 0.15) is 4.88 Å². The standard InChI is InChI=1S/C15H19NO3S/c1-3-8-16-14(17)10(2)19-15(18)13-9-11-6-4-5-7-12(11)20-13/h3,9-10H,1,4-8H2,2H3,(H,16,17)/t10-/m1/s1. The molecule has 20 heavy (non-hydrogen) atoms. The zero-order valence-electron chi connectivity index (χ0n) is 11.6. The third-order valence-electron chi connectivity index (χ3n) is 3.27. The van der Waals surface area contributed by atoms with Gasteiger partial charge in [0.2, 0.25) is 0 Å². The molecule has 1 aromatic heterocycles. The van der Waals surface area contributed by atoms with Crippen LogP contribution in [0.5, 0.6) is 0 Å². The minimum atomic E-state index is -0.790. The molecular weight excluding hydrogens is 274 g/mol. The van der Waals surface area contributed by atoms with Crippen LogP contribution in [0, 0.1) is 0 Å². The molecule has 0 bridgehead atoms. The van der Waals surface area contributed by atoms with Crippen LogP contribution < -0.4 is 5.32 Å². The van der Waals surface area contributed by atoms with Crippen molar-refractivity contribution in [3.63, 3.8) is 0 Å². The Labute approximate surface area is 122 Å². The van der Waals surface area contributed by atoms with Crippen molar-refractivity contribution < 1.29 is 14.3 Å². The van der Waals surface area contributed by atoms with Gasteiger partial charge in [-0.25, -0.2) is 4.79 Å². The van der Waals surface area contributed by atoms with Crippen LogP contribution in [0.25, 0.3) is 0 Å². The molecule has 4 nitrogen and oxygen atoms in total. The van der Waals surface area contributed by atoms with Gasteiger partial charge in [0.15, 0.2) is 6.10 Å². The summed E-state index contributed by atoms with van der Waals surface area (Å²) >= 11 is 1.49. The van der Waals surface area contributed by atoms with Gasteiger partial charge < -0.3 is 10.1 Å². The lowest BCUT2D eigenvalue weighted by molar-refractivity contribution is -0.128. The Morgan fingerprint density at radius 2 is 2.25 bits per heavy atom. The van der Waals surface area contributed by atoms with Crippen LogP contribution in [0.4, 0.5) is 0 Å². The maximum atomic E-state index is 12.0. The van der Waals surface area contributed by atoms with E-state index in [2.05, 4.69) is 11.9 Å². The maximum Gasteiger partial charge on any atom is 0.349 e. The van der Waals surface area contributed by atoms with Crippen molar-refractivity contribution in [3.05, 3.63) is 34.0 Å². The third-order valence-corrected chi connectivity index (χ3v) is 4.49. The lowest BCUT2D eigenvalue weighted by Crippen LogP contribution is -2.35. The van der Waals surface area contributed by atoms with E-state index in [4.69, 9.17) is 4.74 Å². The molecule has 0 unspecified atom stereocenters. The lowest BCUT2D eigenvalue weighted by atomic mass is 9.99. The monoisotopic (exact) mass is 293 g/mol. The van der Waals surface area contributed by atoms with Crippen molar-refractivity contribution in [2.75, 3.05) is 6.54 Å². The van der Waals surface area contributed by atoms with Crippen LogP contribution in [0.3, 0.4) is 0 Å². The fourth-order valence-corrected chi connectivity index (χ4v) is 3.32. The highest BCUT2D eigenvalue weighted by Gasteiger charge is 2.22. The molecule has 1 atom stereocenters. The van der Waals surface area contributed by atoms with Crippen molar-refractivity contribution in [2.45, 2.75) is 38.7 Å². The fourth-order valence-electron chi connectivity index (χ4n) is 2.18. The maximum absolute atomic E-state index is 12.0. The number of amides is 1. The molecule has 1 heterocycles. The third kappa shape index (κ3) is 3.48. The van der Waals surface area contributed by atoms with E-state index in [0.29, 0.717) is 11.4 Å². The van der Waals surface area contributed by atoms with E-state index in [1.165, 1.54) is 34.6 Å². The average Bonchev–Trinajstić information content (AvgIpc) is 2.88. The molecule has 2 rings (SSSR count). The van der Waals surface area contributed by atoms with Gasteiger partial charge in [0.25, 0.3) is 5.91 Å². The highest BCUT2D eigenvalue weighted by atomic mass is 32.1. The van der Waals surface area contributed by atoms with E-state index < -0.39 is 12.1 Å². The van der Waals surface area contributed by atoms with Gasteiger partial charge >= 0.3 is 5.97 Å². The summed E-state index contributed by atoms with van der Waals surface area (Å²) in [5, 5.41) is 2.61. The first-order valence-electron chi connectivity index (χ1n) is 6.83. The largest absolute Gasteiger partial charge is 0.448 e. The summed E-state index contributed by atoms with van der Waals surface area (Å²) in [5.41, 5.74) is 1.26. The number of carbonyl (C=O) groups excluding carboxylic acids is 2. The van der Waals surface area contributed by atoms with E-state index in [1.807, 2.05) is 6.07 Å².